The molecule has 607 valence electrons. The summed E-state index contributed by atoms with van der Waals surface area (Å²) in [5.41, 5.74) is 41.0. The molecule has 8 nitrogen and oxygen atoms in total. The van der Waals surface area contributed by atoms with E-state index in [0.29, 0.717) is 0 Å². The van der Waals surface area contributed by atoms with E-state index in [2.05, 4.69) is 388 Å². The molecule has 0 bridgehead atoms. The van der Waals surface area contributed by atoms with Gasteiger partial charge in [-0.2, -0.15) is 4.57 Å². The van der Waals surface area contributed by atoms with Crippen molar-refractivity contribution in [1.29, 1.82) is 0 Å². The topological polar surface area (TPSA) is 62.3 Å². The molecule has 4 aromatic heterocycles. The summed E-state index contributed by atoms with van der Waals surface area (Å²) in [5, 5.41) is 0. The van der Waals surface area contributed by atoms with E-state index in [9.17, 15) is 0 Å². The first-order chi connectivity index (χ1) is 59.1. The molecule has 4 aliphatic carbocycles. The molecule has 0 fully saturated rings. The van der Waals surface area contributed by atoms with Crippen molar-refractivity contribution in [3.8, 4) is 113 Å². The van der Waals surface area contributed by atoms with Gasteiger partial charge in [0.2, 0.25) is 0 Å². The molecular weight excluding hydrogens is 2050 g/mol. The maximum absolute atomic E-state index is 5.01. The molecule has 0 N–H and O–H groups in total. The zero-order chi connectivity index (χ0) is 81.6. The maximum Gasteiger partial charge on any atom is 0.295 e. The number of aromatic nitrogens is 8. The second-order valence-electron chi connectivity index (χ2n) is 34.5. The van der Waals surface area contributed by atoms with E-state index >= 15 is 0 Å². The number of hydrogen-bond acceptors (Lipinski definition) is 3. The number of fused-ring (bicyclic) bond motifs is 20. The van der Waals surface area contributed by atoms with E-state index in [1.54, 1.807) is 0 Å². The summed E-state index contributed by atoms with van der Waals surface area (Å²) in [6.07, 6.45) is 0. The zero-order valence-electron chi connectivity index (χ0n) is 69.9. The van der Waals surface area contributed by atoms with E-state index in [4.69, 9.17) is 15.0 Å². The Labute approximate surface area is 764 Å². The Morgan fingerprint density at radius 1 is 0.274 bits per heavy atom. The van der Waals surface area contributed by atoms with Crippen LogP contribution in [0.15, 0.2) is 364 Å². The molecule has 0 spiro atoms. The van der Waals surface area contributed by atoms with Gasteiger partial charge in [-0.05, 0) is 169 Å². The van der Waals surface area contributed by atoms with Crippen LogP contribution in [0.25, 0.3) is 157 Å². The number of nitrogens with zero attached hydrogens (tertiary/aromatic N) is 8. The summed E-state index contributed by atoms with van der Waals surface area (Å²) in [7, 11) is 0. The van der Waals surface area contributed by atoms with E-state index in [1.165, 1.54) is 128 Å². The molecule has 25 rings (SSSR count). The fourth-order valence-electron chi connectivity index (χ4n) is 20.5. The molecule has 1 aliphatic heterocycles. The number of para-hydroxylation sites is 8. The summed E-state index contributed by atoms with van der Waals surface area (Å²) in [6.45, 7) is 19.6. The van der Waals surface area contributed by atoms with Gasteiger partial charge >= 0.3 is 0 Å². The third kappa shape index (κ3) is 12.8. The van der Waals surface area contributed by atoms with E-state index in [-0.39, 0.29) is 82.0 Å². The first kappa shape index (κ1) is 81.0. The van der Waals surface area contributed by atoms with Gasteiger partial charge < -0.3 is 13.7 Å². The molecule has 0 saturated carbocycles. The van der Waals surface area contributed by atoms with Crippen molar-refractivity contribution in [2.24, 2.45) is 0 Å². The molecule has 124 heavy (non-hydrogen) atoms. The predicted octanol–water partition coefficient (Wildman–Crippen LogP) is 26.6. The Hall–Kier alpha value is -12.7. The van der Waals surface area contributed by atoms with Gasteiger partial charge in [0, 0.05) is 116 Å². The van der Waals surface area contributed by atoms with Gasteiger partial charge in [-0.3, -0.25) is 15.0 Å². The fraction of sp³-hybridized carbons (Fsp3) is 0.115. The predicted molar refractivity (Wildman–Crippen MR) is 494 cm³/mol. The maximum atomic E-state index is 5.01. The van der Waals surface area contributed by atoms with Crippen LogP contribution in [-0.2, 0) is 88.5 Å². The van der Waals surface area contributed by atoms with Crippen LogP contribution in [-0.4, -0.2) is 33.2 Å². The minimum Gasteiger partial charge on any atom is -0.333 e. The van der Waals surface area contributed by atoms with Crippen LogP contribution in [0.2, 0.25) is 0 Å². The zero-order valence-corrected chi connectivity index (χ0v) is 77.1. The first-order valence-corrected chi connectivity index (χ1v) is 42.0. The first-order valence-electron chi connectivity index (χ1n) is 42.0. The molecular formula is C113H86Ir3N8-2. The number of rotatable bonds is 7. The standard InChI is InChI=1S/C29H23N2.3C28H21N2.3Ir/c1-29(2)23-14-6-5-12-21(23)22-13-9-17-26(27(22)29)31-25-16-8-7-15-24(25)30-18-19-10-3-4-11-20(19)28(30)31;1-28(2)21-14-7-6-13-20(21)26-22(28)15-10-18-25(26)30-24-17-9-8-16-23(24)29-27(30)19-11-4-3-5-12-19;1-28(2)23-13-7-6-12-21(23)22-18-20(16-17-24(22)28)30-26-15-9-8-14-25(26)29-27(30)19-10-4-3-5-11-19;1-28(2)23-13-7-6-12-21(23)22-17-16-20(18-24(22)28)30-26-15-9-8-14-25(26)29-27(30)19-10-4-3-5-11-19;;;/h3-17H,18H2,1-2H3;3-11,13-18H,1-2H3;2*3-10,12-18H,1-2H3;;;/q+1;3*-1;;;. The molecule has 0 amide bonds. The molecule has 0 unspecified atom stereocenters. The number of hydrogen-bond donors (Lipinski definition) is 0. The molecule has 0 atom stereocenters. The van der Waals surface area contributed by atoms with E-state index < -0.39 is 0 Å². The quantitative estimate of drug-likeness (QED) is 0.118. The van der Waals surface area contributed by atoms with Crippen molar-refractivity contribution in [2.45, 2.75) is 83.6 Å². The van der Waals surface area contributed by atoms with Gasteiger partial charge in [0.15, 0.2) is 11.0 Å². The van der Waals surface area contributed by atoms with Gasteiger partial charge in [0.05, 0.1) is 56.1 Å². The molecule has 0 saturated heterocycles. The normalized spacial score (nSPS) is 13.8. The van der Waals surface area contributed by atoms with Crippen molar-refractivity contribution in [3.05, 3.63) is 432 Å². The molecule has 3 radical (unpaired) electrons. The Kier molecular flexibility index (Phi) is 20.6. The molecule has 11 heteroatoms. The van der Waals surface area contributed by atoms with Gasteiger partial charge in [0.25, 0.3) is 5.82 Å². The molecule has 5 aliphatic rings. The Bertz CT molecular complexity index is 7560. The van der Waals surface area contributed by atoms with Crippen molar-refractivity contribution < 1.29 is 64.9 Å². The summed E-state index contributed by atoms with van der Waals surface area (Å²) in [6, 6.07) is 139. The second-order valence-corrected chi connectivity index (χ2v) is 34.5. The van der Waals surface area contributed by atoms with Gasteiger partial charge in [0.1, 0.15) is 12.2 Å². The van der Waals surface area contributed by atoms with Crippen LogP contribution in [0.5, 0.6) is 0 Å². The summed E-state index contributed by atoms with van der Waals surface area (Å²) >= 11 is 0. The number of imidazole rings is 4. The van der Waals surface area contributed by atoms with Crippen LogP contribution in [0, 0.1) is 18.2 Å². The van der Waals surface area contributed by atoms with E-state index in [0.717, 1.165) is 85.2 Å². The van der Waals surface area contributed by atoms with Crippen LogP contribution < -0.4 is 4.57 Å². The van der Waals surface area contributed by atoms with Gasteiger partial charge in [-0.15, -0.1) is 108 Å². The molecule has 16 aromatic carbocycles. The minimum absolute atomic E-state index is 0. The second kappa shape index (κ2) is 31.6. The SMILES string of the molecule is CC1(C)c2ccccc2-c2c(-n3c(-c4[c-]cccc4)nc4ccccc43)cccc21.CC1(C)c2ccccc2-c2cc(-n3c(-c4[c-]cccc4)nc4ccccc43)ccc21.CC1(C)c2ccccc2-c2ccc(-n3c(-c4[c-]cccc4)nc4ccccc43)cc21.CC1(C)c2ccccc2-c2cccc(-n3c4[n+](c5ccccc53)Cc3ccccc3-4)c21.[Ir].[Ir].[Ir]. The summed E-state index contributed by atoms with van der Waals surface area (Å²) < 4.78 is 11.8. The van der Waals surface area contributed by atoms with Crippen molar-refractivity contribution in [3.63, 3.8) is 0 Å². The van der Waals surface area contributed by atoms with Gasteiger partial charge in [-0.25, -0.2) is 4.57 Å². The third-order valence-electron chi connectivity index (χ3n) is 26.3. The third-order valence-corrected chi connectivity index (χ3v) is 26.3. The van der Waals surface area contributed by atoms with Crippen molar-refractivity contribution in [1.82, 2.24) is 33.2 Å². The number of benzene rings is 16. The average Bonchev–Trinajstić information content (AvgIpc) is 1.57. The summed E-state index contributed by atoms with van der Waals surface area (Å²) in [5.74, 6) is 4.05. The van der Waals surface area contributed by atoms with Crippen LogP contribution in [0.4, 0.5) is 0 Å². The molecule has 20 aromatic rings. The van der Waals surface area contributed by atoms with Gasteiger partial charge in [-0.1, -0.05) is 256 Å². The Morgan fingerprint density at radius 3 is 1.22 bits per heavy atom. The summed E-state index contributed by atoms with van der Waals surface area (Å²) in [4.78, 5) is 14.9. The van der Waals surface area contributed by atoms with Crippen LogP contribution in [0.1, 0.15) is 105 Å². The van der Waals surface area contributed by atoms with Crippen molar-refractivity contribution >= 4 is 44.1 Å². The van der Waals surface area contributed by atoms with Crippen LogP contribution >= 0.6 is 0 Å². The molecule has 5 heterocycles. The van der Waals surface area contributed by atoms with Crippen molar-refractivity contribution in [2.75, 3.05) is 0 Å². The largest absolute Gasteiger partial charge is 0.333 e. The smallest absolute Gasteiger partial charge is 0.295 e. The monoisotopic (exact) mass is 2130 g/mol. The Balaban J connectivity index is 0.000000108. The minimum atomic E-state index is -0.0520. The Morgan fingerprint density at radius 2 is 0.653 bits per heavy atom. The van der Waals surface area contributed by atoms with Crippen LogP contribution in [0.3, 0.4) is 0 Å². The average molecular weight is 2130 g/mol. The van der Waals surface area contributed by atoms with E-state index in [1.807, 2.05) is 72.8 Å². The fourth-order valence-corrected chi connectivity index (χ4v) is 20.5.